The summed E-state index contributed by atoms with van der Waals surface area (Å²) in [7, 11) is 0. The molecule has 0 saturated heterocycles. The minimum absolute atomic E-state index is 0.531. The summed E-state index contributed by atoms with van der Waals surface area (Å²) in [4.78, 5) is 0. The number of hydrogen-bond acceptors (Lipinski definition) is 4. The van der Waals surface area contributed by atoms with Crippen LogP contribution in [0.2, 0.25) is 0 Å². The van der Waals surface area contributed by atoms with Gasteiger partial charge in [0.1, 0.15) is 0 Å². The zero-order valence-electron chi connectivity index (χ0n) is 7.92. The number of rotatable bonds is 4. The minimum atomic E-state index is -3.07. The van der Waals surface area contributed by atoms with Crippen molar-refractivity contribution in [1.82, 2.24) is 0 Å². The Labute approximate surface area is 82.4 Å². The highest BCUT2D eigenvalue weighted by atomic mass is 16.9. The van der Waals surface area contributed by atoms with E-state index in [-0.39, 0.29) is 0 Å². The van der Waals surface area contributed by atoms with Crippen LogP contribution in [0.15, 0.2) is 30.3 Å². The van der Waals surface area contributed by atoms with Gasteiger partial charge in [0.25, 0.3) is 0 Å². The molecule has 14 heavy (non-hydrogen) atoms. The molecule has 0 aliphatic heterocycles. The van der Waals surface area contributed by atoms with Crippen molar-refractivity contribution in [1.29, 1.82) is 0 Å². The van der Waals surface area contributed by atoms with Crippen LogP contribution in [0.3, 0.4) is 0 Å². The SMILES string of the molecule is CCC(OC(O)(O)O)c1ccccc1. The molecule has 4 heteroatoms. The summed E-state index contributed by atoms with van der Waals surface area (Å²) in [5.74, 6) is 0. The van der Waals surface area contributed by atoms with Crippen molar-refractivity contribution in [2.45, 2.75) is 25.6 Å². The predicted octanol–water partition coefficient (Wildman–Crippen LogP) is 0.743. The van der Waals surface area contributed by atoms with E-state index in [1.165, 1.54) is 0 Å². The molecule has 0 spiro atoms. The van der Waals surface area contributed by atoms with Gasteiger partial charge in [0.15, 0.2) is 0 Å². The second-order valence-electron chi connectivity index (χ2n) is 3.00. The maximum atomic E-state index is 8.67. The van der Waals surface area contributed by atoms with E-state index in [4.69, 9.17) is 15.3 Å². The van der Waals surface area contributed by atoms with Crippen molar-refractivity contribution in [3.05, 3.63) is 35.9 Å². The Bertz CT molecular complexity index is 265. The smallest absolute Gasteiger partial charge is 0.319 e. The molecular formula is C10H14O4. The van der Waals surface area contributed by atoms with Crippen LogP contribution in [0.4, 0.5) is 0 Å². The van der Waals surface area contributed by atoms with Crippen molar-refractivity contribution in [2.75, 3.05) is 0 Å². The van der Waals surface area contributed by atoms with Crippen molar-refractivity contribution >= 4 is 0 Å². The molecule has 3 N–H and O–H groups in total. The molecule has 0 amide bonds. The lowest BCUT2D eigenvalue weighted by molar-refractivity contribution is -0.467. The maximum absolute atomic E-state index is 8.67. The summed E-state index contributed by atoms with van der Waals surface area (Å²) in [5.41, 5.74) is 0.788. The Balaban J connectivity index is 2.73. The first-order valence-corrected chi connectivity index (χ1v) is 4.43. The molecule has 0 aliphatic carbocycles. The standard InChI is InChI=1S/C10H14O4/c1-2-9(14-10(11,12)13)8-6-4-3-5-7-8/h3-7,9,11-13H,2H2,1H3. The van der Waals surface area contributed by atoms with Gasteiger partial charge in [-0.1, -0.05) is 37.3 Å². The Hall–Kier alpha value is -0.940. The van der Waals surface area contributed by atoms with Crippen molar-refractivity contribution < 1.29 is 20.1 Å². The fourth-order valence-electron chi connectivity index (χ4n) is 1.25. The average molecular weight is 198 g/mol. The molecule has 1 aromatic rings. The molecule has 4 nitrogen and oxygen atoms in total. The van der Waals surface area contributed by atoms with Gasteiger partial charge >= 0.3 is 6.16 Å². The van der Waals surface area contributed by atoms with Gasteiger partial charge in [-0.2, -0.15) is 0 Å². The predicted molar refractivity (Wildman–Crippen MR) is 49.9 cm³/mol. The van der Waals surface area contributed by atoms with Crippen molar-refractivity contribution in [3.63, 3.8) is 0 Å². The van der Waals surface area contributed by atoms with Crippen LogP contribution in [-0.4, -0.2) is 21.5 Å². The second-order valence-corrected chi connectivity index (χ2v) is 3.00. The summed E-state index contributed by atoms with van der Waals surface area (Å²) in [6.07, 6.45) is -3.07. The summed E-state index contributed by atoms with van der Waals surface area (Å²) < 4.78 is 4.64. The van der Waals surface area contributed by atoms with E-state index in [1.54, 1.807) is 12.1 Å². The topological polar surface area (TPSA) is 69.9 Å². The third-order valence-corrected chi connectivity index (χ3v) is 1.84. The first-order valence-electron chi connectivity index (χ1n) is 4.43. The highest BCUT2D eigenvalue weighted by Gasteiger charge is 2.25. The average Bonchev–Trinajstić information content (AvgIpc) is 2.14. The molecule has 1 aromatic carbocycles. The normalized spacial score (nSPS) is 14.0. The van der Waals surface area contributed by atoms with Gasteiger partial charge in [-0.05, 0) is 12.0 Å². The molecule has 0 saturated carbocycles. The van der Waals surface area contributed by atoms with Crippen LogP contribution in [0.5, 0.6) is 0 Å². The van der Waals surface area contributed by atoms with Crippen LogP contribution in [0.1, 0.15) is 25.0 Å². The van der Waals surface area contributed by atoms with Gasteiger partial charge in [-0.15, -0.1) is 0 Å². The van der Waals surface area contributed by atoms with E-state index in [9.17, 15) is 0 Å². The van der Waals surface area contributed by atoms with Gasteiger partial charge in [0.2, 0.25) is 0 Å². The number of benzene rings is 1. The number of hydrogen-bond donors (Lipinski definition) is 3. The molecule has 0 aliphatic rings. The Morgan fingerprint density at radius 3 is 2.21 bits per heavy atom. The van der Waals surface area contributed by atoms with Gasteiger partial charge in [-0.3, -0.25) is 4.74 Å². The highest BCUT2D eigenvalue weighted by molar-refractivity contribution is 5.17. The molecule has 0 heterocycles. The summed E-state index contributed by atoms with van der Waals surface area (Å²) >= 11 is 0. The zero-order valence-corrected chi connectivity index (χ0v) is 7.92. The van der Waals surface area contributed by atoms with Crippen molar-refractivity contribution in [3.8, 4) is 0 Å². The molecule has 1 unspecified atom stereocenters. The Morgan fingerprint density at radius 1 is 1.21 bits per heavy atom. The fraction of sp³-hybridized carbons (Fsp3) is 0.400. The van der Waals surface area contributed by atoms with E-state index < -0.39 is 12.3 Å². The van der Waals surface area contributed by atoms with E-state index in [0.717, 1.165) is 5.56 Å². The van der Waals surface area contributed by atoms with Gasteiger partial charge in [0, 0.05) is 0 Å². The van der Waals surface area contributed by atoms with Crippen LogP contribution >= 0.6 is 0 Å². The van der Waals surface area contributed by atoms with Gasteiger partial charge in [0.05, 0.1) is 6.10 Å². The summed E-state index contributed by atoms with van der Waals surface area (Å²) in [6, 6.07) is 9.06. The lowest BCUT2D eigenvalue weighted by Gasteiger charge is -2.22. The molecule has 0 bridgehead atoms. The highest BCUT2D eigenvalue weighted by Crippen LogP contribution is 2.23. The van der Waals surface area contributed by atoms with Crippen LogP contribution < -0.4 is 0 Å². The van der Waals surface area contributed by atoms with Crippen molar-refractivity contribution in [2.24, 2.45) is 0 Å². The summed E-state index contributed by atoms with van der Waals surface area (Å²) in [6.45, 7) is 1.82. The van der Waals surface area contributed by atoms with E-state index >= 15 is 0 Å². The maximum Gasteiger partial charge on any atom is 0.405 e. The van der Waals surface area contributed by atoms with Crippen LogP contribution in [0.25, 0.3) is 0 Å². The van der Waals surface area contributed by atoms with Gasteiger partial charge in [-0.25, -0.2) is 0 Å². The molecule has 78 valence electrons. The number of aliphatic hydroxyl groups is 3. The van der Waals surface area contributed by atoms with E-state index in [0.29, 0.717) is 6.42 Å². The van der Waals surface area contributed by atoms with Crippen LogP contribution in [0, 0.1) is 0 Å². The monoisotopic (exact) mass is 198 g/mol. The van der Waals surface area contributed by atoms with E-state index in [2.05, 4.69) is 4.74 Å². The molecule has 1 rings (SSSR count). The largest absolute Gasteiger partial charge is 0.405 e. The third-order valence-electron chi connectivity index (χ3n) is 1.84. The van der Waals surface area contributed by atoms with E-state index in [1.807, 2.05) is 25.1 Å². The minimum Gasteiger partial charge on any atom is -0.319 e. The first kappa shape index (κ1) is 11.1. The Morgan fingerprint density at radius 2 is 1.79 bits per heavy atom. The molecule has 0 radical (unpaired) electrons. The third kappa shape index (κ3) is 3.43. The molecule has 0 aromatic heterocycles. The lowest BCUT2D eigenvalue weighted by Crippen LogP contribution is -2.32. The van der Waals surface area contributed by atoms with Gasteiger partial charge < -0.3 is 15.3 Å². The lowest BCUT2D eigenvalue weighted by atomic mass is 10.1. The summed E-state index contributed by atoms with van der Waals surface area (Å²) in [5, 5.41) is 26.0. The molecular weight excluding hydrogens is 184 g/mol. The van der Waals surface area contributed by atoms with Crippen LogP contribution in [-0.2, 0) is 4.74 Å². The fourth-order valence-corrected chi connectivity index (χ4v) is 1.25. The Kier molecular flexibility index (Phi) is 3.60. The number of ether oxygens (including phenoxy) is 1. The molecule has 1 atom stereocenters. The first-order chi connectivity index (χ1) is 6.53. The quantitative estimate of drug-likeness (QED) is 0.624. The second kappa shape index (κ2) is 4.52. The molecule has 0 fully saturated rings. The zero-order chi connectivity index (χ0) is 10.6.